The van der Waals surface area contributed by atoms with E-state index in [0.29, 0.717) is 25.7 Å². The van der Waals surface area contributed by atoms with Gasteiger partial charge < -0.3 is 0 Å². The summed E-state index contributed by atoms with van der Waals surface area (Å²) in [4.78, 5) is 31.3. The summed E-state index contributed by atoms with van der Waals surface area (Å²) in [5.41, 5.74) is 0.300. The molecule has 0 saturated carbocycles. The lowest BCUT2D eigenvalue weighted by Gasteiger charge is -1.97. The van der Waals surface area contributed by atoms with Crippen molar-refractivity contribution in [3.8, 4) is 0 Å². The van der Waals surface area contributed by atoms with Gasteiger partial charge in [0.15, 0.2) is 6.29 Å². The zero-order valence-electron chi connectivity index (χ0n) is 16.0. The van der Waals surface area contributed by atoms with Crippen LogP contribution in [0.2, 0.25) is 0 Å². The lowest BCUT2D eigenvalue weighted by Crippen LogP contribution is -1.98. The van der Waals surface area contributed by atoms with Gasteiger partial charge in [0.1, 0.15) is 0 Å². The number of rotatable bonds is 16. The van der Waals surface area contributed by atoms with Crippen LogP contribution in [0.3, 0.4) is 0 Å². The van der Waals surface area contributed by atoms with Crippen molar-refractivity contribution in [1.29, 1.82) is 0 Å². The van der Waals surface area contributed by atoms with Crippen LogP contribution < -0.4 is 0 Å². The van der Waals surface area contributed by atoms with Gasteiger partial charge in [-0.3, -0.25) is 25.0 Å². The van der Waals surface area contributed by atoms with Gasteiger partial charge >= 0.3 is 0 Å². The average molecular weight is 377 g/mol. The topological polar surface area (TPSA) is 103 Å². The summed E-state index contributed by atoms with van der Waals surface area (Å²) >= 11 is 0. The Balaban J connectivity index is 4.43. The summed E-state index contributed by atoms with van der Waals surface area (Å²) in [6, 6.07) is 0. The molecule has 0 bridgehead atoms. The number of nitrogens with zero attached hydrogens (tertiary/aromatic N) is 2. The van der Waals surface area contributed by atoms with Gasteiger partial charge in [-0.15, -0.1) is 0 Å². The predicted octanol–water partition coefficient (Wildman–Crippen LogP) is 5.45. The molecule has 7 nitrogen and oxygen atoms in total. The fourth-order valence-electron chi connectivity index (χ4n) is 2.27. The third-order valence-electron chi connectivity index (χ3n) is 3.79. The Hall–Kier alpha value is -2.57. The molecule has 0 saturated heterocycles. The second kappa shape index (κ2) is 16.9. The summed E-state index contributed by atoms with van der Waals surface area (Å²) in [5.74, 6) is 0. The molecule has 149 valence electrons. The van der Waals surface area contributed by atoms with E-state index in [1.165, 1.54) is 0 Å². The highest BCUT2D eigenvalue weighted by Gasteiger charge is 2.09. The Labute approximate surface area is 160 Å². The first-order chi connectivity index (χ1) is 13.0. The zero-order valence-corrected chi connectivity index (χ0v) is 16.0. The van der Waals surface area contributed by atoms with Gasteiger partial charge in [-0.2, -0.15) is 0 Å². The van der Waals surface area contributed by atoms with Crippen molar-refractivity contribution in [2.24, 2.45) is 0 Å². The zero-order chi connectivity index (χ0) is 20.3. The number of hydrogen-bond donors (Lipinski definition) is 0. The van der Waals surface area contributed by atoms with Crippen LogP contribution in [0, 0.1) is 20.2 Å². The summed E-state index contributed by atoms with van der Waals surface area (Å²) < 4.78 is 0. The molecule has 0 aliphatic heterocycles. The summed E-state index contributed by atoms with van der Waals surface area (Å²) in [6.45, 7) is 2.04. The van der Waals surface area contributed by atoms with Crippen LogP contribution in [-0.2, 0) is 4.79 Å². The molecule has 0 atom stereocenters. The number of unbranched alkanes of at least 4 members (excludes halogenated alkanes) is 4. The maximum Gasteiger partial charge on any atom is 0.246 e. The third kappa shape index (κ3) is 14.3. The number of nitro groups is 2. The minimum atomic E-state index is -0.414. The fraction of sp³-hybridized carbons (Fsp3) is 0.550. The summed E-state index contributed by atoms with van der Waals surface area (Å²) in [6.07, 6.45) is 18.2. The molecule has 0 aliphatic rings. The van der Waals surface area contributed by atoms with E-state index in [2.05, 4.69) is 0 Å². The van der Waals surface area contributed by atoms with E-state index >= 15 is 0 Å². The van der Waals surface area contributed by atoms with Crippen LogP contribution in [0.4, 0.5) is 0 Å². The van der Waals surface area contributed by atoms with Crippen molar-refractivity contribution < 1.29 is 14.6 Å². The molecule has 0 aromatic heterocycles. The van der Waals surface area contributed by atoms with E-state index in [9.17, 15) is 25.0 Å². The van der Waals surface area contributed by atoms with E-state index in [4.69, 9.17) is 0 Å². The molecule has 27 heavy (non-hydrogen) atoms. The minimum Gasteiger partial charge on any atom is -0.291 e. The second-order valence-electron chi connectivity index (χ2n) is 6.02. The molecule has 7 heteroatoms. The molecule has 0 rings (SSSR count). The van der Waals surface area contributed by atoms with Gasteiger partial charge in [-0.05, 0) is 44.3 Å². The quantitative estimate of drug-likeness (QED) is 0.154. The standard InChI is InChI=1S/C20H29N2O5/c1-2-3-9-14-19(21(24)25)16-11-8-12-17-20(22(26)27)15-10-6-4-5-7-13-18-23/h4,6,8,12,15-16H,2-3,5,7,9-11,13-14,17H2,1H3/b6-4+,12-8+,19-16-,20-15-. The van der Waals surface area contributed by atoms with Crippen molar-refractivity contribution in [3.05, 3.63) is 68.1 Å². The minimum absolute atomic E-state index is 0.0959. The van der Waals surface area contributed by atoms with Gasteiger partial charge in [-0.1, -0.05) is 44.1 Å². The van der Waals surface area contributed by atoms with E-state index < -0.39 is 4.92 Å². The number of allylic oxidation sites excluding steroid dienone is 7. The Morgan fingerprint density at radius 2 is 1.52 bits per heavy atom. The molecular weight excluding hydrogens is 348 g/mol. The Morgan fingerprint density at radius 3 is 2.11 bits per heavy atom. The first-order valence-corrected chi connectivity index (χ1v) is 9.34. The van der Waals surface area contributed by atoms with Crippen LogP contribution >= 0.6 is 0 Å². The van der Waals surface area contributed by atoms with Crippen LogP contribution in [0.5, 0.6) is 0 Å². The van der Waals surface area contributed by atoms with E-state index in [1.54, 1.807) is 24.3 Å². The van der Waals surface area contributed by atoms with Gasteiger partial charge in [0, 0.05) is 12.8 Å². The lowest BCUT2D eigenvalue weighted by atomic mass is 10.1. The molecule has 0 aromatic rings. The maximum atomic E-state index is 11.0. The molecular formula is C20H29N2O5. The Bertz CT molecular complexity index is 577. The molecule has 0 N–H and O–H groups in total. The highest BCUT2D eigenvalue weighted by atomic mass is 16.6. The smallest absolute Gasteiger partial charge is 0.246 e. The highest BCUT2D eigenvalue weighted by molar-refractivity contribution is 5.50. The lowest BCUT2D eigenvalue weighted by molar-refractivity contribution is -0.428. The molecule has 0 spiro atoms. The number of carbonyl (C=O) groups excluding carboxylic acids is 1. The third-order valence-corrected chi connectivity index (χ3v) is 3.79. The first kappa shape index (κ1) is 24.4. The van der Waals surface area contributed by atoms with Crippen LogP contribution in [0.25, 0.3) is 0 Å². The van der Waals surface area contributed by atoms with Gasteiger partial charge in [0.25, 0.3) is 0 Å². The molecule has 0 amide bonds. The van der Waals surface area contributed by atoms with Gasteiger partial charge in [-0.25, -0.2) is 0 Å². The maximum absolute atomic E-state index is 11.0. The molecule has 0 heterocycles. The van der Waals surface area contributed by atoms with E-state index in [-0.39, 0.29) is 22.7 Å². The monoisotopic (exact) mass is 377 g/mol. The second-order valence-corrected chi connectivity index (χ2v) is 6.02. The van der Waals surface area contributed by atoms with Gasteiger partial charge in [0.05, 0.1) is 16.3 Å². The van der Waals surface area contributed by atoms with Crippen molar-refractivity contribution in [3.63, 3.8) is 0 Å². The molecule has 1 radical (unpaired) electrons. The van der Waals surface area contributed by atoms with Crippen molar-refractivity contribution in [2.45, 2.75) is 71.1 Å². The van der Waals surface area contributed by atoms with Crippen molar-refractivity contribution in [1.82, 2.24) is 0 Å². The largest absolute Gasteiger partial charge is 0.291 e. The van der Waals surface area contributed by atoms with E-state index in [0.717, 1.165) is 32.1 Å². The van der Waals surface area contributed by atoms with Crippen LogP contribution in [0.1, 0.15) is 71.1 Å². The Kier molecular flexibility index (Phi) is 15.3. The van der Waals surface area contributed by atoms with Crippen LogP contribution in [0.15, 0.2) is 47.9 Å². The number of hydrogen-bond acceptors (Lipinski definition) is 5. The summed E-state index contributed by atoms with van der Waals surface area (Å²) in [7, 11) is 0. The van der Waals surface area contributed by atoms with Crippen LogP contribution in [-0.4, -0.2) is 16.1 Å². The highest BCUT2D eigenvalue weighted by Crippen LogP contribution is 2.11. The van der Waals surface area contributed by atoms with Crippen molar-refractivity contribution >= 4 is 6.29 Å². The Morgan fingerprint density at radius 1 is 0.889 bits per heavy atom. The molecule has 0 aliphatic carbocycles. The fourth-order valence-corrected chi connectivity index (χ4v) is 2.27. The molecule has 0 aromatic carbocycles. The van der Waals surface area contributed by atoms with Gasteiger partial charge in [0.2, 0.25) is 11.4 Å². The normalized spacial score (nSPS) is 12.8. The predicted molar refractivity (Wildman–Crippen MR) is 106 cm³/mol. The molecule has 0 unspecified atom stereocenters. The van der Waals surface area contributed by atoms with E-state index in [1.807, 2.05) is 25.4 Å². The SMILES string of the molecule is CCCCC/C(=C/C/C=C/C/C(=C/C/C=C/CCC[C]=O)[N+](=O)[O-])[N+](=O)[O-]. The molecule has 0 fully saturated rings. The summed E-state index contributed by atoms with van der Waals surface area (Å²) in [5, 5.41) is 22.0. The average Bonchev–Trinajstić information content (AvgIpc) is 2.63. The first-order valence-electron chi connectivity index (χ1n) is 9.34. The van der Waals surface area contributed by atoms with Crippen molar-refractivity contribution in [2.75, 3.05) is 0 Å².